The summed E-state index contributed by atoms with van der Waals surface area (Å²) < 4.78 is 7.20. The number of aromatic nitrogens is 1. The van der Waals surface area contributed by atoms with Gasteiger partial charge in [-0.25, -0.2) is 0 Å². The van der Waals surface area contributed by atoms with E-state index in [1.165, 1.54) is 0 Å². The van der Waals surface area contributed by atoms with Gasteiger partial charge in [0.2, 0.25) is 5.91 Å². The van der Waals surface area contributed by atoms with E-state index in [0.29, 0.717) is 6.42 Å². The van der Waals surface area contributed by atoms with Crippen LogP contribution in [0.15, 0.2) is 24.3 Å². The highest BCUT2D eigenvalue weighted by Gasteiger charge is 2.22. The molecule has 0 aliphatic carbocycles. The summed E-state index contributed by atoms with van der Waals surface area (Å²) in [5.41, 5.74) is 2.38. The van der Waals surface area contributed by atoms with Crippen molar-refractivity contribution in [1.29, 1.82) is 0 Å². The van der Waals surface area contributed by atoms with E-state index in [0.717, 1.165) is 35.0 Å². The zero-order chi connectivity index (χ0) is 15.9. The maximum absolute atomic E-state index is 12.2. The van der Waals surface area contributed by atoms with Crippen LogP contribution in [0.5, 0.6) is 0 Å². The number of fused-ring (bicyclic) bond motifs is 3. The molecule has 0 unspecified atom stereocenters. The van der Waals surface area contributed by atoms with Gasteiger partial charge in [-0.3, -0.25) is 14.2 Å². The van der Waals surface area contributed by atoms with Crippen LogP contribution in [0.2, 0.25) is 0 Å². The van der Waals surface area contributed by atoms with Crippen molar-refractivity contribution in [2.24, 2.45) is 0 Å². The first-order chi connectivity index (χ1) is 10.3. The van der Waals surface area contributed by atoms with E-state index >= 15 is 0 Å². The Bertz CT molecular complexity index is 750. The van der Waals surface area contributed by atoms with Gasteiger partial charge in [0.15, 0.2) is 0 Å². The number of rotatable bonds is 2. The Hall–Kier alpha value is -2.10. The van der Waals surface area contributed by atoms with E-state index in [1.807, 2.05) is 45.0 Å². The fraction of sp³-hybridized carbons (Fsp3) is 0.444. The number of hydrogen-bond donors (Lipinski definition) is 0. The fourth-order valence-electron chi connectivity index (χ4n) is 3.05. The summed E-state index contributed by atoms with van der Waals surface area (Å²) in [5, 5.41) is 0.985. The summed E-state index contributed by atoms with van der Waals surface area (Å²) in [5.74, 6) is -0.0961. The van der Waals surface area contributed by atoms with Crippen LogP contribution in [-0.4, -0.2) is 22.0 Å². The summed E-state index contributed by atoms with van der Waals surface area (Å²) in [6.07, 6.45) is 2.63. The van der Waals surface area contributed by atoms with Gasteiger partial charge in [0.1, 0.15) is 5.60 Å². The Balaban J connectivity index is 1.98. The number of aryl methyl sites for hydroxylation is 1. The first-order valence-corrected chi connectivity index (χ1v) is 7.72. The summed E-state index contributed by atoms with van der Waals surface area (Å²) in [6, 6.07) is 7.83. The Morgan fingerprint density at radius 3 is 2.77 bits per heavy atom. The van der Waals surface area contributed by atoms with Crippen LogP contribution < -0.4 is 0 Å². The predicted molar refractivity (Wildman–Crippen MR) is 85.1 cm³/mol. The maximum atomic E-state index is 12.2. The van der Waals surface area contributed by atoms with Gasteiger partial charge in [0.05, 0.1) is 11.9 Å². The maximum Gasteiger partial charge on any atom is 0.310 e. The number of esters is 1. The predicted octanol–water partition coefficient (Wildman–Crippen LogP) is 3.50. The third-order valence-electron chi connectivity index (χ3n) is 3.84. The van der Waals surface area contributed by atoms with Crippen molar-refractivity contribution in [2.75, 3.05) is 0 Å². The molecule has 4 nitrogen and oxygen atoms in total. The third kappa shape index (κ3) is 2.78. The smallest absolute Gasteiger partial charge is 0.310 e. The standard InChI is InChI=1S/C18H21NO3/c1-18(2,3)22-17(21)10-12-6-4-8-15-14(12)11-13-7-5-9-16(20)19(13)15/h4,6,8,11H,5,7,9-10H2,1-3H3. The van der Waals surface area contributed by atoms with Gasteiger partial charge in [-0.15, -0.1) is 0 Å². The Labute approximate surface area is 130 Å². The van der Waals surface area contributed by atoms with E-state index in [4.69, 9.17) is 4.74 Å². The zero-order valence-corrected chi connectivity index (χ0v) is 13.3. The monoisotopic (exact) mass is 299 g/mol. The second-order valence-electron chi connectivity index (χ2n) is 6.83. The molecule has 0 saturated carbocycles. The number of carbonyl (C=O) groups is 2. The van der Waals surface area contributed by atoms with Gasteiger partial charge in [0, 0.05) is 17.5 Å². The Morgan fingerprint density at radius 1 is 1.27 bits per heavy atom. The minimum atomic E-state index is -0.485. The van der Waals surface area contributed by atoms with Crippen LogP contribution in [0, 0.1) is 0 Å². The van der Waals surface area contributed by atoms with Gasteiger partial charge in [-0.05, 0) is 51.3 Å². The summed E-state index contributed by atoms with van der Waals surface area (Å²) in [6.45, 7) is 5.59. The van der Waals surface area contributed by atoms with Crippen LogP contribution in [-0.2, 0) is 22.4 Å². The first kappa shape index (κ1) is 14.8. The van der Waals surface area contributed by atoms with Crippen molar-refractivity contribution in [2.45, 2.75) is 52.1 Å². The molecule has 0 fully saturated rings. The third-order valence-corrected chi connectivity index (χ3v) is 3.84. The molecule has 22 heavy (non-hydrogen) atoms. The molecule has 0 radical (unpaired) electrons. The lowest BCUT2D eigenvalue weighted by Gasteiger charge is -2.19. The molecular weight excluding hydrogens is 278 g/mol. The lowest BCUT2D eigenvalue weighted by Crippen LogP contribution is -2.24. The molecule has 0 N–H and O–H groups in total. The van der Waals surface area contributed by atoms with Crippen molar-refractivity contribution < 1.29 is 14.3 Å². The summed E-state index contributed by atoms with van der Waals surface area (Å²) >= 11 is 0. The highest BCUT2D eigenvalue weighted by molar-refractivity contribution is 5.97. The SMILES string of the molecule is CC(C)(C)OC(=O)Cc1cccc2c1cc1n2C(=O)CCC1. The van der Waals surface area contributed by atoms with Gasteiger partial charge >= 0.3 is 5.97 Å². The molecule has 0 atom stereocenters. The number of hydrogen-bond acceptors (Lipinski definition) is 3. The van der Waals surface area contributed by atoms with Crippen molar-refractivity contribution in [1.82, 2.24) is 4.57 Å². The molecule has 1 aliphatic rings. The molecule has 0 spiro atoms. The van der Waals surface area contributed by atoms with Gasteiger partial charge < -0.3 is 4.74 Å². The highest BCUT2D eigenvalue weighted by atomic mass is 16.6. The molecule has 1 aliphatic heterocycles. The van der Waals surface area contributed by atoms with Crippen LogP contribution >= 0.6 is 0 Å². The van der Waals surface area contributed by atoms with E-state index in [2.05, 4.69) is 0 Å². The minimum absolute atomic E-state index is 0.144. The molecule has 1 aromatic carbocycles. The van der Waals surface area contributed by atoms with Crippen molar-refractivity contribution in [3.63, 3.8) is 0 Å². The van der Waals surface area contributed by atoms with E-state index in [9.17, 15) is 9.59 Å². The van der Waals surface area contributed by atoms with Crippen LogP contribution in [0.1, 0.15) is 49.7 Å². The minimum Gasteiger partial charge on any atom is -0.460 e. The lowest BCUT2D eigenvalue weighted by molar-refractivity contribution is -0.153. The summed E-state index contributed by atoms with van der Waals surface area (Å²) in [7, 11) is 0. The highest BCUT2D eigenvalue weighted by Crippen LogP contribution is 2.28. The Morgan fingerprint density at radius 2 is 2.05 bits per heavy atom. The molecule has 0 bridgehead atoms. The molecule has 116 valence electrons. The van der Waals surface area contributed by atoms with Crippen LogP contribution in [0.4, 0.5) is 0 Å². The van der Waals surface area contributed by atoms with Crippen LogP contribution in [0.3, 0.4) is 0 Å². The quantitative estimate of drug-likeness (QED) is 0.797. The lowest BCUT2D eigenvalue weighted by atomic mass is 10.1. The van der Waals surface area contributed by atoms with E-state index in [-0.39, 0.29) is 18.3 Å². The zero-order valence-electron chi connectivity index (χ0n) is 13.3. The van der Waals surface area contributed by atoms with Gasteiger partial charge in [0.25, 0.3) is 0 Å². The van der Waals surface area contributed by atoms with Crippen molar-refractivity contribution in [3.05, 3.63) is 35.5 Å². The molecule has 0 amide bonds. The van der Waals surface area contributed by atoms with Crippen LogP contribution in [0.25, 0.3) is 10.9 Å². The number of carbonyl (C=O) groups excluding carboxylic acids is 2. The number of ether oxygens (including phenoxy) is 1. The number of nitrogens with zero attached hydrogens (tertiary/aromatic N) is 1. The molecule has 2 aromatic rings. The summed E-state index contributed by atoms with van der Waals surface area (Å²) in [4.78, 5) is 24.2. The normalized spacial score (nSPS) is 15.0. The molecule has 4 heteroatoms. The van der Waals surface area contributed by atoms with Gasteiger partial charge in [-0.1, -0.05) is 12.1 Å². The van der Waals surface area contributed by atoms with E-state index < -0.39 is 5.60 Å². The average Bonchev–Trinajstić information content (AvgIpc) is 2.77. The second kappa shape index (κ2) is 5.27. The van der Waals surface area contributed by atoms with E-state index in [1.54, 1.807) is 4.57 Å². The largest absolute Gasteiger partial charge is 0.460 e. The molecule has 1 aromatic heterocycles. The molecule has 3 rings (SSSR count). The molecule has 2 heterocycles. The molecular formula is C18H21NO3. The molecule has 0 saturated heterocycles. The number of benzene rings is 1. The van der Waals surface area contributed by atoms with Gasteiger partial charge in [-0.2, -0.15) is 0 Å². The second-order valence-corrected chi connectivity index (χ2v) is 6.83. The Kier molecular flexibility index (Phi) is 3.55. The topological polar surface area (TPSA) is 48.3 Å². The first-order valence-electron chi connectivity index (χ1n) is 7.72. The van der Waals surface area contributed by atoms with Crippen molar-refractivity contribution in [3.8, 4) is 0 Å². The van der Waals surface area contributed by atoms with Crippen molar-refractivity contribution >= 4 is 22.8 Å². The fourth-order valence-corrected chi connectivity index (χ4v) is 3.05. The average molecular weight is 299 g/mol.